The van der Waals surface area contributed by atoms with Crippen molar-refractivity contribution in [1.29, 1.82) is 0 Å². The molecule has 1 fully saturated rings. The molecule has 15 heteroatoms. The number of aliphatic hydroxyl groups excluding tert-OH is 1. The Labute approximate surface area is 204 Å². The third kappa shape index (κ3) is 5.12. The van der Waals surface area contributed by atoms with Crippen LogP contribution in [0.4, 0.5) is 41.3 Å². The lowest BCUT2D eigenvalue weighted by molar-refractivity contribution is -0.142. The van der Waals surface area contributed by atoms with Gasteiger partial charge in [-0.15, -0.1) is 0 Å². The molecule has 4 rings (SSSR count). The Morgan fingerprint density at radius 2 is 1.73 bits per heavy atom. The first-order chi connectivity index (χ1) is 17.2. The largest absolute Gasteiger partial charge is 0.435 e. The molecule has 200 valence electrons. The fourth-order valence-electron chi connectivity index (χ4n) is 4.58. The lowest BCUT2D eigenvalue weighted by atomic mass is 9.70. The van der Waals surface area contributed by atoms with E-state index in [0.29, 0.717) is 28.6 Å². The number of nitrogens with one attached hydrogen (secondary N) is 1. The van der Waals surface area contributed by atoms with Crippen LogP contribution in [0.2, 0.25) is 0 Å². The van der Waals surface area contributed by atoms with Crippen LogP contribution in [-0.2, 0) is 17.8 Å². The smallest absolute Gasteiger partial charge is 0.395 e. The highest BCUT2D eigenvalue weighted by molar-refractivity contribution is 5.72. The lowest BCUT2D eigenvalue weighted by Gasteiger charge is -2.38. The molecule has 8 nitrogen and oxygen atoms in total. The molecular formula is C22H21F7N6O2. The third-order valence-corrected chi connectivity index (χ3v) is 6.58. The first kappa shape index (κ1) is 26.4. The van der Waals surface area contributed by atoms with Crippen molar-refractivity contribution in [1.82, 2.24) is 19.5 Å². The molecular weight excluding hydrogens is 513 g/mol. The summed E-state index contributed by atoms with van der Waals surface area (Å²) in [5.41, 5.74) is 0.897. The molecule has 2 aromatic heterocycles. The highest BCUT2D eigenvalue weighted by atomic mass is 19.4. The maximum atomic E-state index is 13.6. The Balaban J connectivity index is 1.79. The van der Waals surface area contributed by atoms with Gasteiger partial charge in [-0.25, -0.2) is 14.2 Å². The molecule has 3 aromatic rings. The zero-order valence-electron chi connectivity index (χ0n) is 18.9. The Morgan fingerprint density at radius 1 is 1.08 bits per heavy atom. The van der Waals surface area contributed by atoms with Crippen LogP contribution in [0.25, 0.3) is 5.65 Å². The van der Waals surface area contributed by atoms with Crippen molar-refractivity contribution in [3.05, 3.63) is 59.2 Å². The minimum absolute atomic E-state index is 0.0918. The second kappa shape index (κ2) is 9.36. The zero-order valence-corrected chi connectivity index (χ0v) is 18.9. The zero-order chi connectivity index (χ0) is 27.2. The van der Waals surface area contributed by atoms with Crippen LogP contribution in [0.3, 0.4) is 0 Å². The SMILES string of the molecule is NC(=O)N1CC[C@H]([C@](CO)(CNc2cc(C(F)(F)F)nc3cc(C(F)(F)F)nn23)c2ccc(F)cc2)C1. The first-order valence-electron chi connectivity index (χ1n) is 10.9. The number of amides is 2. The molecule has 1 aliphatic rings. The Hall–Kier alpha value is -3.62. The number of alkyl halides is 6. The molecule has 0 spiro atoms. The molecule has 3 heterocycles. The maximum absolute atomic E-state index is 13.6. The molecule has 0 aliphatic carbocycles. The van der Waals surface area contributed by atoms with Gasteiger partial charge in [-0.05, 0) is 30.0 Å². The molecule has 1 saturated heterocycles. The first-order valence-corrected chi connectivity index (χ1v) is 10.9. The molecule has 0 saturated carbocycles. The number of fused-ring (bicyclic) bond motifs is 1. The minimum atomic E-state index is -4.97. The summed E-state index contributed by atoms with van der Waals surface area (Å²) in [5, 5.41) is 16.6. The monoisotopic (exact) mass is 534 g/mol. The molecule has 37 heavy (non-hydrogen) atoms. The number of rotatable bonds is 6. The van der Waals surface area contributed by atoms with E-state index in [1.807, 2.05) is 0 Å². The van der Waals surface area contributed by atoms with Crippen LogP contribution in [0.1, 0.15) is 23.4 Å². The van der Waals surface area contributed by atoms with Crippen LogP contribution < -0.4 is 11.1 Å². The summed E-state index contributed by atoms with van der Waals surface area (Å²) in [6.45, 7) is -0.552. The molecule has 2 amide bonds. The van der Waals surface area contributed by atoms with Crippen LogP contribution in [0.15, 0.2) is 36.4 Å². The number of likely N-dealkylation sites (tertiary alicyclic amines) is 1. The van der Waals surface area contributed by atoms with E-state index in [1.165, 1.54) is 17.0 Å². The molecule has 1 aromatic carbocycles. The van der Waals surface area contributed by atoms with Gasteiger partial charge in [0.25, 0.3) is 0 Å². The van der Waals surface area contributed by atoms with Gasteiger partial charge < -0.3 is 21.1 Å². The van der Waals surface area contributed by atoms with Crippen molar-refractivity contribution in [2.24, 2.45) is 11.7 Å². The summed E-state index contributed by atoms with van der Waals surface area (Å²) in [6, 6.07) is 5.24. The summed E-state index contributed by atoms with van der Waals surface area (Å²) in [7, 11) is 0. The fourth-order valence-corrected chi connectivity index (χ4v) is 4.58. The van der Waals surface area contributed by atoms with E-state index >= 15 is 0 Å². The number of primary amides is 1. The second-order valence-corrected chi connectivity index (χ2v) is 8.77. The minimum Gasteiger partial charge on any atom is -0.395 e. The number of carbonyl (C=O) groups excluding carboxylic acids is 1. The Kier molecular flexibility index (Phi) is 6.69. The quantitative estimate of drug-likeness (QED) is 0.419. The van der Waals surface area contributed by atoms with Crippen LogP contribution in [0, 0.1) is 11.7 Å². The standard InChI is InChI=1S/C22H21F7N6O2/c23-14-3-1-12(2-4-14)20(11-36,13-5-6-34(9-13)19(30)37)10-31-17-7-15(21(24,25)26)32-18-8-16(22(27,28)29)33-35(17)18/h1-4,7-8,13,31,36H,5-6,9-11H2,(H2,30,37)/t13-,20-/m0/s1. The van der Waals surface area contributed by atoms with E-state index in [4.69, 9.17) is 5.73 Å². The number of anilines is 1. The third-order valence-electron chi connectivity index (χ3n) is 6.58. The maximum Gasteiger partial charge on any atom is 0.435 e. The fraction of sp³-hybridized carbons (Fsp3) is 0.409. The van der Waals surface area contributed by atoms with Crippen molar-refractivity contribution >= 4 is 17.5 Å². The van der Waals surface area contributed by atoms with Gasteiger partial charge in [0.1, 0.15) is 11.6 Å². The molecule has 4 N–H and O–H groups in total. The second-order valence-electron chi connectivity index (χ2n) is 8.77. The number of nitrogens with two attached hydrogens (primary N) is 1. The van der Waals surface area contributed by atoms with E-state index in [2.05, 4.69) is 15.4 Å². The number of nitrogens with zero attached hydrogens (tertiary/aromatic N) is 4. The van der Waals surface area contributed by atoms with Gasteiger partial charge in [0.15, 0.2) is 17.0 Å². The Morgan fingerprint density at radius 3 is 2.27 bits per heavy atom. The lowest BCUT2D eigenvalue weighted by Crippen LogP contribution is -2.47. The number of aliphatic hydroxyl groups is 1. The molecule has 2 atom stereocenters. The van der Waals surface area contributed by atoms with Crippen molar-refractivity contribution in [2.45, 2.75) is 24.2 Å². The van der Waals surface area contributed by atoms with Crippen molar-refractivity contribution in [3.8, 4) is 0 Å². The molecule has 0 unspecified atom stereocenters. The van der Waals surface area contributed by atoms with E-state index < -0.39 is 65.0 Å². The number of hydrogen-bond acceptors (Lipinski definition) is 5. The van der Waals surface area contributed by atoms with Gasteiger partial charge in [0.05, 0.1) is 6.61 Å². The van der Waals surface area contributed by atoms with Gasteiger partial charge in [-0.2, -0.15) is 36.0 Å². The van der Waals surface area contributed by atoms with Crippen LogP contribution in [0.5, 0.6) is 0 Å². The summed E-state index contributed by atoms with van der Waals surface area (Å²) >= 11 is 0. The number of halogens is 7. The topological polar surface area (TPSA) is 109 Å². The van der Waals surface area contributed by atoms with E-state index in [1.54, 1.807) is 0 Å². The van der Waals surface area contributed by atoms with Crippen molar-refractivity contribution in [3.63, 3.8) is 0 Å². The summed E-state index contributed by atoms with van der Waals surface area (Å²) in [5.74, 6) is -1.51. The van der Waals surface area contributed by atoms with Gasteiger partial charge in [-0.1, -0.05) is 12.1 Å². The number of aromatic nitrogens is 3. The van der Waals surface area contributed by atoms with E-state index in [9.17, 15) is 40.6 Å². The number of carbonyl (C=O) groups is 1. The van der Waals surface area contributed by atoms with Gasteiger partial charge >= 0.3 is 18.4 Å². The highest BCUT2D eigenvalue weighted by Crippen LogP contribution is 2.39. The van der Waals surface area contributed by atoms with Crippen molar-refractivity contribution < 1.29 is 40.6 Å². The molecule has 0 radical (unpaired) electrons. The predicted molar refractivity (Wildman–Crippen MR) is 116 cm³/mol. The normalized spacial score (nSPS) is 18.3. The van der Waals surface area contributed by atoms with Gasteiger partial charge in [0.2, 0.25) is 0 Å². The van der Waals surface area contributed by atoms with Gasteiger partial charge in [0, 0.05) is 37.2 Å². The summed E-state index contributed by atoms with van der Waals surface area (Å²) in [4.78, 5) is 16.3. The highest BCUT2D eigenvalue weighted by Gasteiger charge is 2.45. The summed E-state index contributed by atoms with van der Waals surface area (Å²) in [6.07, 6.45) is -9.56. The number of hydrogen-bond donors (Lipinski definition) is 3. The van der Waals surface area contributed by atoms with Crippen molar-refractivity contribution in [2.75, 3.05) is 31.6 Å². The molecule has 0 bridgehead atoms. The average molecular weight is 534 g/mol. The molecule has 1 aliphatic heterocycles. The van der Waals surface area contributed by atoms with Crippen LogP contribution in [-0.4, -0.2) is 56.9 Å². The predicted octanol–water partition coefficient (Wildman–Crippen LogP) is 3.65. The number of benzene rings is 1. The van der Waals surface area contributed by atoms with E-state index in [-0.39, 0.29) is 19.6 Å². The summed E-state index contributed by atoms with van der Waals surface area (Å²) < 4.78 is 94.4. The van der Waals surface area contributed by atoms with E-state index in [0.717, 1.165) is 12.1 Å². The Bertz CT molecular complexity index is 1290. The van der Waals surface area contributed by atoms with Gasteiger partial charge in [-0.3, -0.25) is 0 Å². The number of urea groups is 1. The average Bonchev–Trinajstić information content (AvgIpc) is 3.48. The van der Waals surface area contributed by atoms with Crippen LogP contribution >= 0.6 is 0 Å².